The summed E-state index contributed by atoms with van der Waals surface area (Å²) in [5, 5.41) is 0. The molecule has 1 atom stereocenters. The summed E-state index contributed by atoms with van der Waals surface area (Å²) in [6.45, 7) is -0.366. The molecule has 0 amide bonds. The molecule has 24 heavy (non-hydrogen) atoms. The van der Waals surface area contributed by atoms with E-state index < -0.39 is 23.9 Å². The molecule has 2 aromatic carbocycles. The van der Waals surface area contributed by atoms with Crippen molar-refractivity contribution in [3.8, 4) is 0 Å². The van der Waals surface area contributed by atoms with Crippen LogP contribution in [0.15, 0.2) is 41.3 Å². The van der Waals surface area contributed by atoms with E-state index in [1.807, 2.05) is 24.3 Å². The maximum atomic E-state index is 14.2. The Morgan fingerprint density at radius 2 is 2.00 bits per heavy atom. The average molecular weight is 352 g/mol. The summed E-state index contributed by atoms with van der Waals surface area (Å²) in [5.41, 5.74) is 1.57. The van der Waals surface area contributed by atoms with Crippen molar-refractivity contribution in [1.82, 2.24) is 0 Å². The van der Waals surface area contributed by atoms with E-state index in [1.54, 1.807) is 0 Å². The standard InChI is InChI=1S/C17H14F2O4S/c1-21-17(20)23-9-22-16-10-6-7-13(18)15(19)12(10)8-24-14-5-3-2-4-11(14)16/h2-7,16H,8-9H2,1H3. The van der Waals surface area contributed by atoms with Gasteiger partial charge < -0.3 is 14.2 Å². The van der Waals surface area contributed by atoms with E-state index in [9.17, 15) is 13.6 Å². The third-order valence-corrected chi connectivity index (χ3v) is 4.78. The Morgan fingerprint density at radius 1 is 1.21 bits per heavy atom. The molecule has 0 saturated carbocycles. The van der Waals surface area contributed by atoms with Gasteiger partial charge in [-0.2, -0.15) is 0 Å². The quantitative estimate of drug-likeness (QED) is 0.604. The number of thioether (sulfide) groups is 1. The van der Waals surface area contributed by atoms with Crippen molar-refractivity contribution in [1.29, 1.82) is 0 Å². The Hall–Kier alpha value is -2.12. The minimum absolute atomic E-state index is 0.249. The molecule has 0 N–H and O–H groups in total. The van der Waals surface area contributed by atoms with Crippen LogP contribution >= 0.6 is 11.8 Å². The zero-order chi connectivity index (χ0) is 17.1. The highest BCUT2D eigenvalue weighted by atomic mass is 32.2. The lowest BCUT2D eigenvalue weighted by atomic mass is 9.97. The maximum Gasteiger partial charge on any atom is 0.510 e. The highest BCUT2D eigenvalue weighted by molar-refractivity contribution is 7.98. The first-order chi connectivity index (χ1) is 11.6. The van der Waals surface area contributed by atoms with Gasteiger partial charge in [-0.25, -0.2) is 13.6 Å². The van der Waals surface area contributed by atoms with Gasteiger partial charge in [0.25, 0.3) is 0 Å². The molecule has 0 aromatic heterocycles. The number of ether oxygens (including phenoxy) is 3. The van der Waals surface area contributed by atoms with E-state index in [1.165, 1.54) is 24.9 Å². The van der Waals surface area contributed by atoms with Gasteiger partial charge in [0, 0.05) is 16.2 Å². The van der Waals surface area contributed by atoms with Gasteiger partial charge in [-0.1, -0.05) is 24.3 Å². The minimum atomic E-state index is -0.898. The van der Waals surface area contributed by atoms with Gasteiger partial charge in [-0.15, -0.1) is 11.8 Å². The van der Waals surface area contributed by atoms with E-state index in [0.717, 1.165) is 16.5 Å². The molecular weight excluding hydrogens is 338 g/mol. The van der Waals surface area contributed by atoms with E-state index in [2.05, 4.69) is 4.74 Å². The normalized spacial score (nSPS) is 15.9. The van der Waals surface area contributed by atoms with Crippen molar-refractivity contribution >= 4 is 17.9 Å². The molecule has 0 radical (unpaired) electrons. The Morgan fingerprint density at radius 3 is 2.79 bits per heavy atom. The van der Waals surface area contributed by atoms with E-state index in [-0.39, 0.29) is 18.1 Å². The Balaban J connectivity index is 1.98. The summed E-state index contributed by atoms with van der Waals surface area (Å²) >= 11 is 1.40. The number of carbonyl (C=O) groups excluding carboxylic acids is 1. The van der Waals surface area contributed by atoms with Crippen molar-refractivity contribution in [3.05, 3.63) is 64.7 Å². The van der Waals surface area contributed by atoms with Crippen LogP contribution in [-0.4, -0.2) is 20.1 Å². The fraction of sp³-hybridized carbons (Fsp3) is 0.235. The summed E-state index contributed by atoms with van der Waals surface area (Å²) in [5.74, 6) is -1.49. The van der Waals surface area contributed by atoms with E-state index >= 15 is 0 Å². The molecule has 1 aliphatic rings. The van der Waals surface area contributed by atoms with Crippen LogP contribution in [0.4, 0.5) is 13.6 Å². The lowest BCUT2D eigenvalue weighted by Crippen LogP contribution is -2.14. The Bertz CT molecular complexity index is 766. The number of hydrogen-bond donors (Lipinski definition) is 0. The van der Waals surface area contributed by atoms with Gasteiger partial charge in [0.15, 0.2) is 18.4 Å². The second kappa shape index (κ2) is 7.19. The first-order valence-corrected chi connectivity index (χ1v) is 8.11. The lowest BCUT2D eigenvalue weighted by molar-refractivity contribution is -0.0634. The summed E-state index contributed by atoms with van der Waals surface area (Å²) in [6.07, 6.45) is -1.55. The van der Waals surface area contributed by atoms with Crippen LogP contribution in [0.2, 0.25) is 0 Å². The zero-order valence-corrected chi connectivity index (χ0v) is 13.6. The van der Waals surface area contributed by atoms with Crippen molar-refractivity contribution in [2.45, 2.75) is 16.8 Å². The Labute approximate surface area is 141 Å². The number of halogens is 2. The molecule has 1 unspecified atom stereocenters. The molecule has 4 nitrogen and oxygen atoms in total. The second-order valence-electron chi connectivity index (χ2n) is 5.02. The van der Waals surface area contributed by atoms with Crippen LogP contribution < -0.4 is 0 Å². The SMILES string of the molecule is COC(=O)OCOC1c2ccccc2SCc2c1ccc(F)c2F. The number of hydrogen-bond acceptors (Lipinski definition) is 5. The molecule has 1 aliphatic heterocycles. The topological polar surface area (TPSA) is 44.8 Å². The van der Waals surface area contributed by atoms with E-state index in [0.29, 0.717) is 5.56 Å². The number of benzene rings is 2. The highest BCUT2D eigenvalue weighted by Crippen LogP contribution is 2.42. The largest absolute Gasteiger partial charge is 0.510 e. The summed E-state index contributed by atoms with van der Waals surface area (Å²) < 4.78 is 42.6. The first-order valence-electron chi connectivity index (χ1n) is 7.12. The molecule has 2 aromatic rings. The van der Waals surface area contributed by atoms with Crippen molar-refractivity contribution in [2.24, 2.45) is 0 Å². The number of rotatable bonds is 3. The van der Waals surface area contributed by atoms with Crippen molar-refractivity contribution in [3.63, 3.8) is 0 Å². The van der Waals surface area contributed by atoms with Crippen LogP contribution in [0.25, 0.3) is 0 Å². The van der Waals surface area contributed by atoms with Crippen LogP contribution in [-0.2, 0) is 20.0 Å². The zero-order valence-electron chi connectivity index (χ0n) is 12.8. The van der Waals surface area contributed by atoms with Gasteiger partial charge in [0.05, 0.1) is 7.11 Å². The van der Waals surface area contributed by atoms with Gasteiger partial charge in [0.2, 0.25) is 0 Å². The van der Waals surface area contributed by atoms with Crippen LogP contribution in [0.5, 0.6) is 0 Å². The third-order valence-electron chi connectivity index (χ3n) is 3.67. The van der Waals surface area contributed by atoms with Gasteiger partial charge in [0.1, 0.15) is 6.10 Å². The molecule has 0 fully saturated rings. The second-order valence-corrected chi connectivity index (χ2v) is 6.04. The molecular formula is C17H14F2O4S. The van der Waals surface area contributed by atoms with Crippen LogP contribution in [0.1, 0.15) is 22.8 Å². The summed E-state index contributed by atoms with van der Waals surface area (Å²) in [6, 6.07) is 10.0. The van der Waals surface area contributed by atoms with Gasteiger partial charge in [-0.05, 0) is 23.3 Å². The molecule has 3 rings (SSSR count). The fourth-order valence-electron chi connectivity index (χ4n) is 2.53. The molecule has 0 spiro atoms. The summed E-state index contributed by atoms with van der Waals surface area (Å²) in [7, 11) is 1.19. The predicted molar refractivity (Wildman–Crippen MR) is 83.6 cm³/mol. The van der Waals surface area contributed by atoms with Crippen molar-refractivity contribution < 1.29 is 27.8 Å². The van der Waals surface area contributed by atoms with Crippen molar-refractivity contribution in [2.75, 3.05) is 13.9 Å². The first kappa shape index (κ1) is 16.7. The highest BCUT2D eigenvalue weighted by Gasteiger charge is 2.28. The van der Waals surface area contributed by atoms with Gasteiger partial charge in [-0.3, -0.25) is 0 Å². The number of fused-ring (bicyclic) bond motifs is 2. The molecule has 0 saturated heterocycles. The number of carbonyl (C=O) groups is 1. The molecule has 1 heterocycles. The van der Waals surface area contributed by atoms with Crippen LogP contribution in [0.3, 0.4) is 0 Å². The number of methoxy groups -OCH3 is 1. The van der Waals surface area contributed by atoms with Gasteiger partial charge >= 0.3 is 6.16 Å². The smallest absolute Gasteiger partial charge is 0.438 e. The molecule has 126 valence electrons. The minimum Gasteiger partial charge on any atom is -0.438 e. The van der Waals surface area contributed by atoms with Crippen LogP contribution in [0, 0.1) is 11.6 Å². The Kier molecular flexibility index (Phi) is 5.01. The lowest BCUT2D eigenvalue weighted by Gasteiger charge is -2.20. The third kappa shape index (κ3) is 3.22. The predicted octanol–water partition coefficient (Wildman–Crippen LogP) is 4.42. The maximum absolute atomic E-state index is 14.2. The molecule has 0 aliphatic carbocycles. The van der Waals surface area contributed by atoms with E-state index in [4.69, 9.17) is 9.47 Å². The monoisotopic (exact) mass is 352 g/mol. The molecule has 0 bridgehead atoms. The fourth-order valence-corrected chi connectivity index (χ4v) is 3.64. The summed E-state index contributed by atoms with van der Waals surface area (Å²) in [4.78, 5) is 12.0. The molecule has 7 heteroatoms. The average Bonchev–Trinajstić information content (AvgIpc) is 2.76.